The van der Waals surface area contributed by atoms with Gasteiger partial charge in [0.15, 0.2) is 8.29 Å². The summed E-state index contributed by atoms with van der Waals surface area (Å²) >= 11 is 8.48. The van der Waals surface area contributed by atoms with Crippen molar-refractivity contribution in [2.45, 2.75) is 55.8 Å². The second-order valence-electron chi connectivity index (χ2n) is 7.06. The van der Waals surface area contributed by atoms with E-state index < -0.39 is 0 Å². The first-order valence-corrected chi connectivity index (χ1v) is 11.6. The van der Waals surface area contributed by atoms with Crippen LogP contribution in [0.2, 0.25) is 0 Å². The van der Waals surface area contributed by atoms with Crippen molar-refractivity contribution in [1.29, 1.82) is 0 Å². The fourth-order valence-corrected chi connectivity index (χ4v) is 5.64. The largest absolute Gasteiger partial charge is 0.313 e. The second kappa shape index (κ2) is 8.29. The standard InChI is InChI=1S/C20H23N3OS3/c1-14-7-5-6-10-17(14)23-20(25)27-19(21-23)26-13-18(24)22(16-11-12-16)15-8-3-2-4-9-15/h5-8,10,16H,2-4,9,11-13H2,1H3. The maximum atomic E-state index is 12.9. The molecule has 2 aliphatic carbocycles. The number of rotatable bonds is 6. The molecule has 1 fully saturated rings. The molecule has 0 spiro atoms. The monoisotopic (exact) mass is 417 g/mol. The molecule has 0 aliphatic heterocycles. The topological polar surface area (TPSA) is 38.1 Å². The minimum atomic E-state index is 0.208. The van der Waals surface area contributed by atoms with Crippen LogP contribution in [0.4, 0.5) is 0 Å². The van der Waals surface area contributed by atoms with Crippen molar-refractivity contribution in [2.75, 3.05) is 5.75 Å². The number of amides is 1. The minimum Gasteiger partial charge on any atom is -0.313 e. The maximum absolute atomic E-state index is 12.9. The summed E-state index contributed by atoms with van der Waals surface area (Å²) in [6.07, 6.45) is 9.10. The molecule has 142 valence electrons. The predicted octanol–water partition coefficient (Wildman–Crippen LogP) is 5.51. The Morgan fingerprint density at radius 2 is 2.19 bits per heavy atom. The Morgan fingerprint density at radius 1 is 1.37 bits per heavy atom. The van der Waals surface area contributed by atoms with Gasteiger partial charge in [0.05, 0.1) is 11.4 Å². The Kier molecular flexibility index (Phi) is 5.80. The molecule has 0 saturated heterocycles. The summed E-state index contributed by atoms with van der Waals surface area (Å²) in [5, 5.41) is 4.65. The average Bonchev–Trinajstić information content (AvgIpc) is 3.43. The van der Waals surface area contributed by atoms with Crippen LogP contribution in [0.25, 0.3) is 5.69 Å². The first-order valence-electron chi connectivity index (χ1n) is 9.43. The predicted molar refractivity (Wildman–Crippen MR) is 114 cm³/mol. The third-order valence-corrected chi connectivity index (χ3v) is 7.30. The molecule has 4 nitrogen and oxygen atoms in total. The van der Waals surface area contributed by atoms with E-state index in [0.29, 0.717) is 15.7 Å². The van der Waals surface area contributed by atoms with E-state index in [9.17, 15) is 4.79 Å². The molecular weight excluding hydrogens is 394 g/mol. The number of hydrogen-bond donors (Lipinski definition) is 0. The van der Waals surface area contributed by atoms with E-state index in [1.807, 2.05) is 22.9 Å². The normalized spacial score (nSPS) is 16.9. The quantitative estimate of drug-likeness (QED) is 0.459. The molecule has 0 N–H and O–H groups in total. The zero-order chi connectivity index (χ0) is 18.8. The Hall–Kier alpha value is -1.44. The first kappa shape index (κ1) is 18.9. The molecule has 2 aromatic rings. The number of thioether (sulfide) groups is 1. The van der Waals surface area contributed by atoms with E-state index in [4.69, 9.17) is 12.2 Å². The third-order valence-electron chi connectivity index (χ3n) is 4.95. The molecule has 1 aromatic carbocycles. The highest BCUT2D eigenvalue weighted by Gasteiger charge is 2.35. The van der Waals surface area contributed by atoms with E-state index in [1.165, 1.54) is 41.6 Å². The zero-order valence-corrected chi connectivity index (χ0v) is 17.8. The molecule has 0 bridgehead atoms. The number of aryl methyl sites for hydroxylation is 1. The number of hydrogen-bond acceptors (Lipinski definition) is 5. The van der Waals surface area contributed by atoms with Crippen LogP contribution in [-0.2, 0) is 4.79 Å². The summed E-state index contributed by atoms with van der Waals surface area (Å²) in [6.45, 7) is 2.05. The van der Waals surface area contributed by atoms with Crippen molar-refractivity contribution in [3.05, 3.63) is 45.6 Å². The molecule has 0 unspecified atom stereocenters. The van der Waals surface area contributed by atoms with Crippen LogP contribution >= 0.6 is 35.3 Å². The summed E-state index contributed by atoms with van der Waals surface area (Å²) in [6, 6.07) is 8.50. The number of para-hydroxylation sites is 1. The van der Waals surface area contributed by atoms with Gasteiger partial charge in [0.25, 0.3) is 0 Å². The van der Waals surface area contributed by atoms with Crippen LogP contribution in [-0.4, -0.2) is 32.4 Å². The number of benzene rings is 1. The van der Waals surface area contributed by atoms with Crippen molar-refractivity contribution < 1.29 is 4.79 Å². The summed E-state index contributed by atoms with van der Waals surface area (Å²) in [5.41, 5.74) is 3.38. The molecule has 4 rings (SSSR count). The van der Waals surface area contributed by atoms with Crippen molar-refractivity contribution in [1.82, 2.24) is 14.7 Å². The molecule has 1 saturated carbocycles. The van der Waals surface area contributed by atoms with Crippen LogP contribution < -0.4 is 0 Å². The highest BCUT2D eigenvalue weighted by Crippen LogP contribution is 2.35. The van der Waals surface area contributed by atoms with Crippen LogP contribution in [0, 0.1) is 10.9 Å². The molecule has 2 aliphatic rings. The van der Waals surface area contributed by atoms with E-state index in [0.717, 1.165) is 41.3 Å². The third kappa shape index (κ3) is 4.36. The molecule has 1 heterocycles. The van der Waals surface area contributed by atoms with Crippen LogP contribution in [0.1, 0.15) is 44.1 Å². The van der Waals surface area contributed by atoms with Gasteiger partial charge >= 0.3 is 0 Å². The number of nitrogens with zero attached hydrogens (tertiary/aromatic N) is 3. The Morgan fingerprint density at radius 3 is 2.89 bits per heavy atom. The lowest BCUT2D eigenvalue weighted by atomic mass is 10.0. The van der Waals surface area contributed by atoms with Gasteiger partial charge in [0.2, 0.25) is 5.91 Å². The SMILES string of the molecule is Cc1ccccc1-n1nc(SCC(=O)N(C2=CCCCC2)C2CC2)sc1=S. The van der Waals surface area contributed by atoms with Gasteiger partial charge in [-0.1, -0.05) is 47.4 Å². The molecule has 7 heteroatoms. The Labute approximate surface area is 173 Å². The second-order valence-corrected chi connectivity index (χ2v) is 9.90. The highest BCUT2D eigenvalue weighted by atomic mass is 32.2. The summed E-state index contributed by atoms with van der Waals surface area (Å²) in [5.74, 6) is 0.628. The van der Waals surface area contributed by atoms with Crippen molar-refractivity contribution in [3.63, 3.8) is 0 Å². The van der Waals surface area contributed by atoms with Crippen LogP contribution in [0.5, 0.6) is 0 Å². The lowest BCUT2D eigenvalue weighted by Gasteiger charge is -2.27. The lowest BCUT2D eigenvalue weighted by molar-refractivity contribution is -0.127. The fourth-order valence-electron chi connectivity index (χ4n) is 3.44. The van der Waals surface area contributed by atoms with E-state index >= 15 is 0 Å². The van der Waals surface area contributed by atoms with Gasteiger partial charge in [-0.25, -0.2) is 4.68 Å². The van der Waals surface area contributed by atoms with Crippen LogP contribution in [0.3, 0.4) is 0 Å². The summed E-state index contributed by atoms with van der Waals surface area (Å²) in [7, 11) is 0. The molecule has 1 amide bonds. The van der Waals surface area contributed by atoms with Crippen molar-refractivity contribution in [2.24, 2.45) is 0 Å². The Balaban J connectivity index is 1.46. The molecule has 27 heavy (non-hydrogen) atoms. The molecule has 1 aromatic heterocycles. The van der Waals surface area contributed by atoms with Crippen molar-refractivity contribution in [3.8, 4) is 5.69 Å². The van der Waals surface area contributed by atoms with Gasteiger partial charge in [-0.15, -0.1) is 5.10 Å². The molecule has 0 radical (unpaired) electrons. The number of allylic oxidation sites excluding steroid dienone is 2. The molecule has 0 atom stereocenters. The van der Waals surface area contributed by atoms with Crippen LogP contribution in [0.15, 0.2) is 40.4 Å². The summed E-state index contributed by atoms with van der Waals surface area (Å²) in [4.78, 5) is 15.0. The van der Waals surface area contributed by atoms with E-state index in [1.54, 1.807) is 0 Å². The van der Waals surface area contributed by atoms with Gasteiger partial charge in [-0.2, -0.15) is 0 Å². The highest BCUT2D eigenvalue weighted by molar-refractivity contribution is 8.01. The number of carbonyl (C=O) groups is 1. The lowest BCUT2D eigenvalue weighted by Crippen LogP contribution is -2.34. The molecular formula is C20H23N3OS3. The zero-order valence-electron chi connectivity index (χ0n) is 15.4. The van der Waals surface area contributed by atoms with Gasteiger partial charge in [0.1, 0.15) is 0 Å². The Bertz CT molecular complexity index is 927. The first-order chi connectivity index (χ1) is 13.1. The minimum absolute atomic E-state index is 0.208. The van der Waals surface area contributed by atoms with Gasteiger partial charge < -0.3 is 4.90 Å². The smallest absolute Gasteiger partial charge is 0.237 e. The van der Waals surface area contributed by atoms with E-state index in [2.05, 4.69) is 29.1 Å². The van der Waals surface area contributed by atoms with Gasteiger partial charge in [-0.3, -0.25) is 4.79 Å². The number of aromatic nitrogens is 2. The van der Waals surface area contributed by atoms with E-state index in [-0.39, 0.29) is 5.91 Å². The average molecular weight is 418 g/mol. The fraction of sp³-hybridized carbons (Fsp3) is 0.450. The van der Waals surface area contributed by atoms with Crippen molar-refractivity contribution >= 4 is 41.2 Å². The maximum Gasteiger partial charge on any atom is 0.237 e. The van der Waals surface area contributed by atoms with Gasteiger partial charge in [-0.05, 0) is 69.3 Å². The summed E-state index contributed by atoms with van der Waals surface area (Å²) < 4.78 is 3.38. The number of carbonyl (C=O) groups excluding carboxylic acids is 1. The van der Waals surface area contributed by atoms with Gasteiger partial charge in [0, 0.05) is 11.7 Å².